The Kier molecular flexibility index (Phi) is 7.67. The number of aromatic nitrogens is 1. The highest BCUT2D eigenvalue weighted by atomic mass is 16.3. The number of rotatable bonds is 7. The summed E-state index contributed by atoms with van der Waals surface area (Å²) in [6.45, 7) is 4.17. The summed E-state index contributed by atoms with van der Waals surface area (Å²) in [6.07, 6.45) is -0.720. The van der Waals surface area contributed by atoms with Crippen LogP contribution in [-0.2, 0) is 9.59 Å². The first-order valence-corrected chi connectivity index (χ1v) is 12.0. The molecule has 4 rings (SSSR count). The molecule has 0 unspecified atom stereocenters. The van der Waals surface area contributed by atoms with Gasteiger partial charge in [-0.05, 0) is 55.5 Å². The average Bonchev–Trinajstić information content (AvgIpc) is 3.38. The minimum absolute atomic E-state index is 0.0731. The molecule has 4 N–H and O–H groups in total. The van der Waals surface area contributed by atoms with Crippen molar-refractivity contribution in [1.82, 2.24) is 15.2 Å². The molecule has 0 saturated carbocycles. The highest BCUT2D eigenvalue weighted by Crippen LogP contribution is 2.33. The molecule has 188 valence electrons. The van der Waals surface area contributed by atoms with Crippen molar-refractivity contribution in [2.45, 2.75) is 51.0 Å². The van der Waals surface area contributed by atoms with Crippen molar-refractivity contribution >= 4 is 11.8 Å². The number of aliphatic hydroxyl groups is 2. The van der Waals surface area contributed by atoms with Crippen LogP contribution in [0.3, 0.4) is 0 Å². The zero-order valence-corrected chi connectivity index (χ0v) is 20.3. The van der Waals surface area contributed by atoms with Crippen LogP contribution in [0.4, 0.5) is 0 Å². The number of likely N-dealkylation sites (tertiary alicyclic amines) is 1. The smallest absolute Gasteiger partial charge is 0.255 e. The molecular weight excluding hydrogens is 458 g/mol. The lowest BCUT2D eigenvalue weighted by molar-refractivity contribution is -0.154. The second kappa shape index (κ2) is 10.9. The molecule has 36 heavy (non-hydrogen) atoms. The molecule has 8 nitrogen and oxygen atoms in total. The molecule has 1 aliphatic rings. The zero-order chi connectivity index (χ0) is 25.8. The van der Waals surface area contributed by atoms with Crippen LogP contribution in [0, 0.1) is 6.92 Å². The van der Waals surface area contributed by atoms with Gasteiger partial charge in [0.05, 0.1) is 12.1 Å². The summed E-state index contributed by atoms with van der Waals surface area (Å²) >= 11 is 0. The number of hydrogen-bond donors (Lipinski definition) is 4. The minimum atomic E-state index is -1.90. The Morgan fingerprint density at radius 2 is 1.81 bits per heavy atom. The monoisotopic (exact) mass is 489 g/mol. The molecule has 1 fully saturated rings. The van der Waals surface area contributed by atoms with E-state index >= 15 is 0 Å². The average molecular weight is 490 g/mol. The third kappa shape index (κ3) is 5.40. The van der Waals surface area contributed by atoms with Crippen molar-refractivity contribution in [1.29, 1.82) is 0 Å². The molecule has 4 atom stereocenters. The molecular formula is C28H31N3O5. The minimum Gasteiger partial charge on any atom is -0.493 e. The molecule has 2 heterocycles. The van der Waals surface area contributed by atoms with Gasteiger partial charge in [-0.25, -0.2) is 4.98 Å². The maximum Gasteiger partial charge on any atom is 0.255 e. The topological polar surface area (TPSA) is 123 Å². The number of amides is 2. The Labute approximate surface area is 210 Å². The van der Waals surface area contributed by atoms with Gasteiger partial charge < -0.3 is 25.5 Å². The van der Waals surface area contributed by atoms with Crippen molar-refractivity contribution < 1.29 is 24.9 Å². The number of pyridine rings is 1. The van der Waals surface area contributed by atoms with E-state index in [9.17, 15) is 24.9 Å². The van der Waals surface area contributed by atoms with Crippen LogP contribution < -0.4 is 5.32 Å². The molecule has 1 aromatic heterocycles. The summed E-state index contributed by atoms with van der Waals surface area (Å²) in [4.78, 5) is 31.1. The summed E-state index contributed by atoms with van der Waals surface area (Å²) in [5.41, 5.74) is 4.15. The fourth-order valence-corrected chi connectivity index (χ4v) is 4.66. The summed E-state index contributed by atoms with van der Waals surface area (Å²) in [5.74, 6) is -1.56. The maximum atomic E-state index is 13.0. The van der Waals surface area contributed by atoms with Crippen LogP contribution in [-0.4, -0.2) is 55.8 Å². The first-order valence-electron chi connectivity index (χ1n) is 12.0. The van der Waals surface area contributed by atoms with Gasteiger partial charge in [-0.3, -0.25) is 9.59 Å². The zero-order valence-electron chi connectivity index (χ0n) is 20.3. The van der Waals surface area contributed by atoms with E-state index in [-0.39, 0.29) is 11.9 Å². The number of aliphatic hydroxyl groups excluding tert-OH is 2. The highest BCUT2D eigenvalue weighted by Gasteiger charge is 2.38. The Morgan fingerprint density at radius 3 is 2.50 bits per heavy atom. The van der Waals surface area contributed by atoms with E-state index in [1.807, 2.05) is 31.2 Å². The Balaban J connectivity index is 1.39. The second-order valence-corrected chi connectivity index (χ2v) is 9.22. The predicted molar refractivity (Wildman–Crippen MR) is 135 cm³/mol. The van der Waals surface area contributed by atoms with Gasteiger partial charge in [-0.1, -0.05) is 54.1 Å². The lowest BCUT2D eigenvalue weighted by Crippen LogP contribution is -2.50. The molecule has 0 bridgehead atoms. The van der Waals surface area contributed by atoms with E-state index in [4.69, 9.17) is 0 Å². The lowest BCUT2D eigenvalue weighted by atomic mass is 10.0. The predicted octanol–water partition coefficient (Wildman–Crippen LogP) is 3.03. The highest BCUT2D eigenvalue weighted by molar-refractivity contribution is 5.91. The molecule has 1 saturated heterocycles. The van der Waals surface area contributed by atoms with Crippen LogP contribution >= 0.6 is 0 Å². The fourth-order valence-electron chi connectivity index (χ4n) is 4.66. The number of aryl methyl sites for hydroxylation is 1. The lowest BCUT2D eigenvalue weighted by Gasteiger charge is -2.29. The van der Waals surface area contributed by atoms with E-state index in [1.54, 1.807) is 48.2 Å². The maximum absolute atomic E-state index is 13.0. The van der Waals surface area contributed by atoms with Gasteiger partial charge in [-0.15, -0.1) is 0 Å². The van der Waals surface area contributed by atoms with E-state index < -0.39 is 30.1 Å². The quantitative estimate of drug-likeness (QED) is 0.405. The normalized spacial score (nSPS) is 17.9. The number of carbonyl (C=O) groups is 2. The molecule has 3 aromatic rings. The van der Waals surface area contributed by atoms with Crippen molar-refractivity contribution in [3.8, 4) is 17.0 Å². The molecule has 0 spiro atoms. The molecule has 0 aliphatic carbocycles. The van der Waals surface area contributed by atoms with Crippen molar-refractivity contribution in [2.75, 3.05) is 6.54 Å². The summed E-state index contributed by atoms with van der Waals surface area (Å²) in [7, 11) is 0. The van der Waals surface area contributed by atoms with Crippen LogP contribution in [0.15, 0.2) is 66.9 Å². The Hall–Kier alpha value is -3.75. The molecule has 2 aromatic carbocycles. The van der Waals surface area contributed by atoms with Gasteiger partial charge in [0.1, 0.15) is 0 Å². The molecule has 0 radical (unpaired) electrons. The van der Waals surface area contributed by atoms with E-state index in [1.165, 1.54) is 6.20 Å². The van der Waals surface area contributed by atoms with Crippen LogP contribution in [0.2, 0.25) is 0 Å². The third-order valence-corrected chi connectivity index (χ3v) is 6.65. The number of benzene rings is 2. The van der Waals surface area contributed by atoms with Crippen LogP contribution in [0.25, 0.3) is 11.1 Å². The Bertz CT molecular complexity index is 1230. The van der Waals surface area contributed by atoms with Gasteiger partial charge in [0, 0.05) is 18.3 Å². The number of nitrogens with zero attached hydrogens (tertiary/aromatic N) is 2. The molecule has 1 aliphatic heterocycles. The van der Waals surface area contributed by atoms with Crippen LogP contribution in [0.5, 0.6) is 5.88 Å². The van der Waals surface area contributed by atoms with Gasteiger partial charge >= 0.3 is 0 Å². The first kappa shape index (κ1) is 25.3. The SMILES string of the molecule is Cc1cccc([C@H]2CCCN2C(=O)[C@H](O)[C@@H](O)C(=O)N[C@H](C)c2ccc(-c3cccnc3O)cc2)c1. The second-order valence-electron chi connectivity index (χ2n) is 9.22. The Morgan fingerprint density at radius 1 is 1.06 bits per heavy atom. The van der Waals surface area contributed by atoms with Gasteiger partial charge in [0.25, 0.3) is 11.8 Å². The molecule has 2 amide bonds. The van der Waals surface area contributed by atoms with Crippen LogP contribution in [0.1, 0.15) is 48.5 Å². The fraction of sp³-hybridized carbons (Fsp3) is 0.321. The largest absolute Gasteiger partial charge is 0.493 e. The van der Waals surface area contributed by atoms with E-state index in [0.29, 0.717) is 12.1 Å². The number of aromatic hydroxyl groups is 1. The summed E-state index contributed by atoms with van der Waals surface area (Å²) in [5, 5.41) is 33.7. The van der Waals surface area contributed by atoms with Gasteiger partial charge in [0.15, 0.2) is 12.2 Å². The number of carbonyl (C=O) groups excluding carboxylic acids is 2. The number of nitrogens with one attached hydrogen (secondary N) is 1. The van der Waals surface area contributed by atoms with E-state index in [2.05, 4.69) is 10.3 Å². The van der Waals surface area contributed by atoms with Crippen molar-refractivity contribution in [2.24, 2.45) is 0 Å². The van der Waals surface area contributed by atoms with Crippen molar-refractivity contribution in [3.63, 3.8) is 0 Å². The summed E-state index contributed by atoms with van der Waals surface area (Å²) < 4.78 is 0. The molecule has 8 heteroatoms. The summed E-state index contributed by atoms with van der Waals surface area (Å²) in [6, 6.07) is 17.8. The van der Waals surface area contributed by atoms with Crippen molar-refractivity contribution in [3.05, 3.63) is 83.6 Å². The van der Waals surface area contributed by atoms with Gasteiger partial charge in [0.2, 0.25) is 5.88 Å². The third-order valence-electron chi connectivity index (χ3n) is 6.65. The van der Waals surface area contributed by atoms with Gasteiger partial charge in [-0.2, -0.15) is 0 Å². The first-order chi connectivity index (χ1) is 17.3. The number of hydrogen-bond acceptors (Lipinski definition) is 6. The van der Waals surface area contributed by atoms with E-state index in [0.717, 1.165) is 35.1 Å². The standard InChI is InChI=1S/C28H31N3O5/c1-17-6-3-7-21(16-17)23-9-5-15-31(23)28(36)25(33)24(32)27(35)30-18(2)19-10-12-20(13-11-19)22-8-4-14-29-26(22)34/h3-4,6-8,10-14,16,18,23-25,32-33H,5,9,15H2,1-2H3,(H,29,34)(H,30,35)/t18-,23-,24-,25-/m1/s1.